The van der Waals surface area contributed by atoms with Crippen molar-refractivity contribution in [3.63, 3.8) is 0 Å². The van der Waals surface area contributed by atoms with Gasteiger partial charge in [-0.25, -0.2) is 4.39 Å². The molecule has 0 fully saturated rings. The molecule has 0 radical (unpaired) electrons. The topological polar surface area (TPSA) is 9.23 Å². The molecule has 3 rings (SSSR count). The van der Waals surface area contributed by atoms with Crippen LogP contribution in [0.3, 0.4) is 0 Å². The van der Waals surface area contributed by atoms with E-state index in [0.717, 1.165) is 10.8 Å². The number of fused-ring (bicyclic) bond motifs is 1. The zero-order valence-corrected chi connectivity index (χ0v) is 11.6. The molecule has 0 aliphatic rings. The van der Waals surface area contributed by atoms with Gasteiger partial charge in [0.05, 0.1) is 5.02 Å². The van der Waals surface area contributed by atoms with Crippen LogP contribution in [0.5, 0.6) is 11.5 Å². The highest BCUT2D eigenvalue weighted by Crippen LogP contribution is 2.36. The maximum atomic E-state index is 14.1. The first-order chi connectivity index (χ1) is 9.66. The van der Waals surface area contributed by atoms with Gasteiger partial charge in [-0.05, 0) is 30.0 Å². The summed E-state index contributed by atoms with van der Waals surface area (Å²) in [5.74, 6) is 0.239. The number of hydrogen-bond acceptors (Lipinski definition) is 1. The van der Waals surface area contributed by atoms with Gasteiger partial charge in [0.15, 0.2) is 11.6 Å². The zero-order chi connectivity index (χ0) is 14.1. The number of benzene rings is 3. The molecule has 0 N–H and O–H groups in total. The van der Waals surface area contributed by atoms with Gasteiger partial charge in [-0.1, -0.05) is 54.1 Å². The maximum absolute atomic E-state index is 14.1. The largest absolute Gasteiger partial charge is 0.452 e. The Morgan fingerprint density at radius 1 is 0.950 bits per heavy atom. The zero-order valence-electron chi connectivity index (χ0n) is 10.9. The van der Waals surface area contributed by atoms with E-state index in [0.29, 0.717) is 11.3 Å². The van der Waals surface area contributed by atoms with E-state index in [1.165, 1.54) is 0 Å². The minimum atomic E-state index is -0.426. The van der Waals surface area contributed by atoms with E-state index < -0.39 is 5.82 Å². The van der Waals surface area contributed by atoms with Crippen molar-refractivity contribution in [1.82, 2.24) is 0 Å². The summed E-state index contributed by atoms with van der Waals surface area (Å²) < 4.78 is 19.9. The van der Waals surface area contributed by atoms with E-state index in [1.807, 2.05) is 36.4 Å². The van der Waals surface area contributed by atoms with Crippen molar-refractivity contribution in [1.29, 1.82) is 0 Å². The third-order valence-electron chi connectivity index (χ3n) is 3.20. The molecule has 100 valence electrons. The van der Waals surface area contributed by atoms with E-state index in [4.69, 9.17) is 16.3 Å². The molecule has 20 heavy (non-hydrogen) atoms. The quantitative estimate of drug-likeness (QED) is 0.584. The van der Waals surface area contributed by atoms with Gasteiger partial charge in [-0.3, -0.25) is 0 Å². The van der Waals surface area contributed by atoms with Crippen LogP contribution >= 0.6 is 11.6 Å². The minimum Gasteiger partial charge on any atom is -0.452 e. The molecule has 3 heteroatoms. The highest BCUT2D eigenvalue weighted by atomic mass is 35.5. The van der Waals surface area contributed by atoms with Gasteiger partial charge in [-0.15, -0.1) is 0 Å². The second-order valence-electron chi connectivity index (χ2n) is 4.59. The molecule has 0 heterocycles. The first kappa shape index (κ1) is 12.9. The highest BCUT2D eigenvalue weighted by molar-refractivity contribution is 6.32. The minimum absolute atomic E-state index is 0.0722. The first-order valence-electron chi connectivity index (χ1n) is 6.27. The number of ether oxygens (including phenoxy) is 1. The molecule has 0 amide bonds. The Morgan fingerprint density at radius 3 is 2.55 bits per heavy atom. The van der Waals surface area contributed by atoms with E-state index in [1.54, 1.807) is 25.1 Å². The van der Waals surface area contributed by atoms with E-state index in [9.17, 15) is 4.39 Å². The molecule has 0 saturated heterocycles. The van der Waals surface area contributed by atoms with Crippen LogP contribution < -0.4 is 4.74 Å². The fourth-order valence-corrected chi connectivity index (χ4v) is 2.30. The molecule has 0 saturated carbocycles. The van der Waals surface area contributed by atoms with Gasteiger partial charge in [0.25, 0.3) is 0 Å². The molecular weight excluding hydrogens is 275 g/mol. The molecular formula is C17H12ClFO. The summed E-state index contributed by atoms with van der Waals surface area (Å²) in [5.41, 5.74) is 0.504. The normalized spacial score (nSPS) is 10.8. The lowest BCUT2D eigenvalue weighted by Crippen LogP contribution is -1.93. The predicted molar refractivity (Wildman–Crippen MR) is 80.2 cm³/mol. The van der Waals surface area contributed by atoms with Gasteiger partial charge in [0.2, 0.25) is 0 Å². The smallest absolute Gasteiger partial charge is 0.181 e. The number of hydrogen-bond donors (Lipinski definition) is 0. The van der Waals surface area contributed by atoms with Crippen molar-refractivity contribution in [2.75, 3.05) is 0 Å². The van der Waals surface area contributed by atoms with Gasteiger partial charge in [0.1, 0.15) is 5.75 Å². The molecule has 0 aromatic heterocycles. The van der Waals surface area contributed by atoms with Crippen molar-refractivity contribution >= 4 is 22.4 Å². The Morgan fingerprint density at radius 2 is 1.70 bits per heavy atom. The standard InChI is InChI=1S/C17H12ClFO/c1-11-9-10-14(18)17(16(11)19)20-15-8-4-6-12-5-2-3-7-13(12)15/h2-10H,1H3. The average molecular weight is 287 g/mol. The van der Waals surface area contributed by atoms with E-state index in [-0.39, 0.29) is 10.8 Å². The SMILES string of the molecule is Cc1ccc(Cl)c(Oc2cccc3ccccc23)c1F. The average Bonchev–Trinajstić information content (AvgIpc) is 2.48. The molecule has 0 unspecified atom stereocenters. The van der Waals surface area contributed by atoms with Crippen LogP contribution in [-0.2, 0) is 0 Å². The van der Waals surface area contributed by atoms with Crippen molar-refractivity contribution in [2.24, 2.45) is 0 Å². The van der Waals surface area contributed by atoms with Crippen molar-refractivity contribution < 1.29 is 9.13 Å². The van der Waals surface area contributed by atoms with E-state index in [2.05, 4.69) is 0 Å². The van der Waals surface area contributed by atoms with Crippen LogP contribution in [0, 0.1) is 12.7 Å². The van der Waals surface area contributed by atoms with Crippen LogP contribution in [-0.4, -0.2) is 0 Å². The number of aryl methyl sites for hydroxylation is 1. The summed E-state index contributed by atoms with van der Waals surface area (Å²) in [6.07, 6.45) is 0. The molecule has 0 atom stereocenters. The van der Waals surface area contributed by atoms with Gasteiger partial charge < -0.3 is 4.74 Å². The van der Waals surface area contributed by atoms with Crippen molar-refractivity contribution in [3.8, 4) is 11.5 Å². The van der Waals surface area contributed by atoms with Crippen LogP contribution in [0.4, 0.5) is 4.39 Å². The van der Waals surface area contributed by atoms with Crippen molar-refractivity contribution in [3.05, 3.63) is 71.0 Å². The lowest BCUT2D eigenvalue weighted by atomic mass is 10.1. The summed E-state index contributed by atoms with van der Waals surface area (Å²) in [6, 6.07) is 16.7. The molecule has 1 nitrogen and oxygen atoms in total. The third kappa shape index (κ3) is 2.23. The number of rotatable bonds is 2. The molecule has 0 spiro atoms. The van der Waals surface area contributed by atoms with Crippen LogP contribution in [0.1, 0.15) is 5.56 Å². The van der Waals surface area contributed by atoms with Crippen LogP contribution in [0.2, 0.25) is 5.02 Å². The lowest BCUT2D eigenvalue weighted by molar-refractivity contribution is 0.444. The second kappa shape index (κ2) is 5.14. The Kier molecular flexibility index (Phi) is 3.33. The van der Waals surface area contributed by atoms with Crippen LogP contribution in [0.15, 0.2) is 54.6 Å². The molecule has 0 aliphatic heterocycles. The Bertz CT molecular complexity index is 778. The second-order valence-corrected chi connectivity index (χ2v) is 4.99. The van der Waals surface area contributed by atoms with Crippen molar-refractivity contribution in [2.45, 2.75) is 6.92 Å². The fraction of sp³-hybridized carbons (Fsp3) is 0.0588. The summed E-state index contributed by atoms with van der Waals surface area (Å²) in [4.78, 5) is 0. The lowest BCUT2D eigenvalue weighted by Gasteiger charge is -2.12. The Labute approximate surface area is 121 Å². The summed E-state index contributed by atoms with van der Waals surface area (Å²) in [7, 11) is 0. The highest BCUT2D eigenvalue weighted by Gasteiger charge is 2.13. The monoisotopic (exact) mass is 286 g/mol. The molecule has 0 bridgehead atoms. The van der Waals surface area contributed by atoms with E-state index >= 15 is 0 Å². The number of halogens is 2. The molecule has 3 aromatic rings. The predicted octanol–water partition coefficient (Wildman–Crippen LogP) is 5.73. The fourth-order valence-electron chi connectivity index (χ4n) is 2.12. The van der Waals surface area contributed by atoms with Gasteiger partial charge in [-0.2, -0.15) is 0 Å². The van der Waals surface area contributed by atoms with Crippen LogP contribution in [0.25, 0.3) is 10.8 Å². The third-order valence-corrected chi connectivity index (χ3v) is 3.50. The van der Waals surface area contributed by atoms with Gasteiger partial charge in [0, 0.05) is 5.39 Å². The summed E-state index contributed by atoms with van der Waals surface area (Å²) in [5, 5.41) is 2.22. The summed E-state index contributed by atoms with van der Waals surface area (Å²) >= 11 is 6.04. The van der Waals surface area contributed by atoms with Gasteiger partial charge >= 0.3 is 0 Å². The molecule has 3 aromatic carbocycles. The maximum Gasteiger partial charge on any atom is 0.181 e. The molecule has 0 aliphatic carbocycles. The first-order valence-corrected chi connectivity index (χ1v) is 6.65. The summed E-state index contributed by atoms with van der Waals surface area (Å²) in [6.45, 7) is 1.68. The Hall–Kier alpha value is -2.06. The Balaban J connectivity index is 2.13.